The zero-order valence-electron chi connectivity index (χ0n) is 11.2. The monoisotopic (exact) mass is 243 g/mol. The van der Waals surface area contributed by atoms with E-state index in [1.807, 2.05) is 0 Å². The Hall–Kier alpha value is -1.28. The lowest BCUT2D eigenvalue weighted by molar-refractivity contribution is 0.172. The van der Waals surface area contributed by atoms with Gasteiger partial charge in [-0.05, 0) is 41.7 Å². The molecule has 1 unspecified atom stereocenters. The SMILES string of the molecule is CC1(C)CC1(CO)CCc1c[nH]c2ccccc12. The minimum absolute atomic E-state index is 0.158. The van der Waals surface area contributed by atoms with Gasteiger partial charge in [-0.25, -0.2) is 0 Å². The number of nitrogens with one attached hydrogen (secondary N) is 1. The number of para-hydroxylation sites is 1. The molecule has 2 N–H and O–H groups in total. The van der Waals surface area contributed by atoms with Gasteiger partial charge in [-0.1, -0.05) is 32.0 Å². The molecule has 0 bridgehead atoms. The summed E-state index contributed by atoms with van der Waals surface area (Å²) < 4.78 is 0. The van der Waals surface area contributed by atoms with Crippen LogP contribution in [0.25, 0.3) is 10.9 Å². The number of hydrogen-bond acceptors (Lipinski definition) is 1. The van der Waals surface area contributed by atoms with Crippen molar-refractivity contribution in [3.05, 3.63) is 36.0 Å². The van der Waals surface area contributed by atoms with E-state index in [1.165, 1.54) is 16.5 Å². The molecule has 2 aromatic rings. The molecule has 2 heteroatoms. The predicted octanol–water partition coefficient (Wildman–Crippen LogP) is 3.51. The predicted molar refractivity (Wildman–Crippen MR) is 74.5 cm³/mol. The number of aliphatic hydroxyl groups excluding tert-OH is 1. The summed E-state index contributed by atoms with van der Waals surface area (Å²) in [7, 11) is 0. The van der Waals surface area contributed by atoms with Gasteiger partial charge in [0.1, 0.15) is 0 Å². The molecular formula is C16H21NO. The lowest BCUT2D eigenvalue weighted by Crippen LogP contribution is -2.15. The molecule has 0 saturated heterocycles. The van der Waals surface area contributed by atoms with Crippen molar-refractivity contribution in [3.63, 3.8) is 0 Å². The summed E-state index contributed by atoms with van der Waals surface area (Å²) in [5, 5.41) is 10.9. The number of benzene rings is 1. The molecule has 1 fully saturated rings. The van der Waals surface area contributed by atoms with Crippen LogP contribution >= 0.6 is 0 Å². The first-order chi connectivity index (χ1) is 8.58. The Balaban J connectivity index is 1.78. The maximum atomic E-state index is 9.63. The van der Waals surface area contributed by atoms with E-state index in [2.05, 4.69) is 49.3 Å². The highest BCUT2D eigenvalue weighted by atomic mass is 16.3. The number of hydrogen-bond donors (Lipinski definition) is 2. The van der Waals surface area contributed by atoms with Crippen molar-refractivity contribution in [2.24, 2.45) is 10.8 Å². The lowest BCUT2D eigenvalue weighted by atomic mass is 9.90. The van der Waals surface area contributed by atoms with E-state index >= 15 is 0 Å². The first-order valence-electron chi connectivity index (χ1n) is 6.74. The number of H-pyrrole nitrogens is 1. The van der Waals surface area contributed by atoms with Crippen molar-refractivity contribution in [3.8, 4) is 0 Å². The van der Waals surface area contributed by atoms with Gasteiger partial charge in [0.05, 0.1) is 0 Å². The minimum Gasteiger partial charge on any atom is -0.396 e. The van der Waals surface area contributed by atoms with E-state index in [1.54, 1.807) is 0 Å². The quantitative estimate of drug-likeness (QED) is 0.847. The van der Waals surface area contributed by atoms with Gasteiger partial charge in [0.2, 0.25) is 0 Å². The van der Waals surface area contributed by atoms with Gasteiger partial charge in [0.25, 0.3) is 0 Å². The Morgan fingerprint density at radius 2 is 2.00 bits per heavy atom. The highest BCUT2D eigenvalue weighted by molar-refractivity contribution is 5.83. The zero-order valence-corrected chi connectivity index (χ0v) is 11.2. The molecule has 1 heterocycles. The van der Waals surface area contributed by atoms with Crippen molar-refractivity contribution < 1.29 is 5.11 Å². The van der Waals surface area contributed by atoms with Crippen molar-refractivity contribution in [1.29, 1.82) is 0 Å². The molecule has 1 atom stereocenters. The number of aromatic amines is 1. The van der Waals surface area contributed by atoms with E-state index in [0.717, 1.165) is 19.3 Å². The Kier molecular flexibility index (Phi) is 2.53. The van der Waals surface area contributed by atoms with Crippen molar-refractivity contribution in [2.75, 3.05) is 6.61 Å². The van der Waals surface area contributed by atoms with Crippen molar-refractivity contribution in [2.45, 2.75) is 33.1 Å². The molecule has 2 nitrogen and oxygen atoms in total. The van der Waals surface area contributed by atoms with E-state index in [9.17, 15) is 5.11 Å². The van der Waals surface area contributed by atoms with Gasteiger partial charge in [-0.2, -0.15) is 0 Å². The molecule has 1 saturated carbocycles. The Labute approximate surface area is 108 Å². The van der Waals surface area contributed by atoms with Crippen LogP contribution in [0.4, 0.5) is 0 Å². The molecule has 0 radical (unpaired) electrons. The zero-order chi connectivity index (χ0) is 12.8. The van der Waals surface area contributed by atoms with Crippen LogP contribution in [-0.2, 0) is 6.42 Å². The number of aliphatic hydroxyl groups is 1. The topological polar surface area (TPSA) is 36.0 Å². The maximum Gasteiger partial charge on any atom is 0.0492 e. The maximum absolute atomic E-state index is 9.63. The van der Waals surface area contributed by atoms with Gasteiger partial charge in [0.15, 0.2) is 0 Å². The Morgan fingerprint density at radius 3 is 2.67 bits per heavy atom. The minimum atomic E-state index is 0.158. The molecule has 1 aliphatic rings. The third-order valence-corrected chi connectivity index (χ3v) is 4.94. The van der Waals surface area contributed by atoms with Crippen molar-refractivity contribution >= 4 is 10.9 Å². The van der Waals surface area contributed by atoms with Gasteiger partial charge >= 0.3 is 0 Å². The second-order valence-electron chi connectivity index (χ2n) is 6.36. The van der Waals surface area contributed by atoms with Gasteiger partial charge in [-0.3, -0.25) is 0 Å². The smallest absolute Gasteiger partial charge is 0.0492 e. The molecule has 0 amide bonds. The molecule has 1 aliphatic carbocycles. The van der Waals surface area contributed by atoms with E-state index in [-0.39, 0.29) is 5.41 Å². The number of rotatable bonds is 4. The third kappa shape index (κ3) is 1.67. The van der Waals surface area contributed by atoms with E-state index < -0.39 is 0 Å². The summed E-state index contributed by atoms with van der Waals surface area (Å²) in [6.07, 6.45) is 5.40. The summed E-state index contributed by atoms with van der Waals surface area (Å²) in [4.78, 5) is 3.32. The third-order valence-electron chi connectivity index (χ3n) is 4.94. The fraction of sp³-hybridized carbons (Fsp3) is 0.500. The summed E-state index contributed by atoms with van der Waals surface area (Å²) in [6.45, 7) is 4.85. The molecule has 0 aliphatic heterocycles. The first kappa shape index (κ1) is 11.8. The van der Waals surface area contributed by atoms with Crippen LogP contribution in [0.1, 0.15) is 32.3 Å². The number of aromatic nitrogens is 1. The fourth-order valence-electron chi connectivity index (χ4n) is 3.29. The van der Waals surface area contributed by atoms with Crippen LogP contribution in [0.15, 0.2) is 30.5 Å². The highest BCUT2D eigenvalue weighted by Crippen LogP contribution is 2.65. The molecular weight excluding hydrogens is 222 g/mol. The summed E-state index contributed by atoms with van der Waals surface area (Å²) >= 11 is 0. The molecule has 1 aromatic heterocycles. The Bertz CT molecular complexity index is 569. The van der Waals surface area contributed by atoms with Crippen LogP contribution < -0.4 is 0 Å². The molecule has 18 heavy (non-hydrogen) atoms. The summed E-state index contributed by atoms with van der Waals surface area (Å²) in [5.74, 6) is 0. The van der Waals surface area contributed by atoms with Gasteiger partial charge in [-0.15, -0.1) is 0 Å². The van der Waals surface area contributed by atoms with E-state index in [4.69, 9.17) is 0 Å². The normalized spacial score (nSPS) is 25.5. The average molecular weight is 243 g/mol. The Morgan fingerprint density at radius 1 is 1.28 bits per heavy atom. The van der Waals surface area contributed by atoms with Gasteiger partial charge < -0.3 is 10.1 Å². The molecule has 0 spiro atoms. The highest BCUT2D eigenvalue weighted by Gasteiger charge is 2.59. The summed E-state index contributed by atoms with van der Waals surface area (Å²) in [5.41, 5.74) is 3.06. The average Bonchev–Trinajstić information content (AvgIpc) is 2.72. The second-order valence-corrected chi connectivity index (χ2v) is 6.36. The van der Waals surface area contributed by atoms with E-state index in [0.29, 0.717) is 12.0 Å². The molecule has 1 aromatic carbocycles. The summed E-state index contributed by atoms with van der Waals surface area (Å²) in [6, 6.07) is 8.43. The van der Waals surface area contributed by atoms with Crippen LogP contribution in [0.5, 0.6) is 0 Å². The van der Waals surface area contributed by atoms with Crippen molar-refractivity contribution in [1.82, 2.24) is 4.98 Å². The fourth-order valence-corrected chi connectivity index (χ4v) is 3.29. The second kappa shape index (κ2) is 3.86. The van der Waals surface area contributed by atoms with Gasteiger partial charge in [0, 0.05) is 23.7 Å². The lowest BCUT2D eigenvalue weighted by Gasteiger charge is -2.17. The molecule has 3 rings (SSSR count). The van der Waals surface area contributed by atoms with Crippen LogP contribution in [-0.4, -0.2) is 16.7 Å². The largest absolute Gasteiger partial charge is 0.396 e. The number of aryl methyl sites for hydroxylation is 1. The molecule has 96 valence electrons. The van der Waals surface area contributed by atoms with Crippen LogP contribution in [0.2, 0.25) is 0 Å². The van der Waals surface area contributed by atoms with Crippen LogP contribution in [0, 0.1) is 10.8 Å². The first-order valence-corrected chi connectivity index (χ1v) is 6.74. The van der Waals surface area contributed by atoms with Crippen LogP contribution in [0.3, 0.4) is 0 Å². The standard InChI is InChI=1S/C16H21NO/c1-15(2)10-16(15,11-18)8-7-12-9-17-14-6-4-3-5-13(12)14/h3-6,9,17-18H,7-8,10-11H2,1-2H3. The number of fused-ring (bicyclic) bond motifs is 1.